The van der Waals surface area contributed by atoms with Crippen molar-refractivity contribution in [3.05, 3.63) is 82.9 Å². The van der Waals surface area contributed by atoms with Crippen LogP contribution in [0, 0.1) is 0 Å². The molecule has 2 aliphatic rings. The van der Waals surface area contributed by atoms with E-state index in [1.54, 1.807) is 0 Å². The van der Waals surface area contributed by atoms with Gasteiger partial charge < -0.3 is 20.1 Å². The molecular formula is C56H86N2O3. The average molecular weight is 835 g/mol. The number of anilines is 2. The highest BCUT2D eigenvalue weighted by atomic mass is 16.6. The molecule has 1 spiro atoms. The van der Waals surface area contributed by atoms with Gasteiger partial charge in [0.05, 0.1) is 5.56 Å². The van der Waals surface area contributed by atoms with Gasteiger partial charge in [-0.3, -0.25) is 0 Å². The summed E-state index contributed by atoms with van der Waals surface area (Å²) in [5.41, 5.74) is 4.30. The number of hydrogen-bond acceptors (Lipinski definition) is 5. The Labute approximate surface area is 373 Å². The van der Waals surface area contributed by atoms with E-state index in [1.807, 2.05) is 24.3 Å². The highest BCUT2D eigenvalue weighted by molar-refractivity contribution is 5.97. The molecule has 5 rings (SSSR count). The molecule has 0 saturated carbocycles. The Morgan fingerprint density at radius 3 is 1.13 bits per heavy atom. The molecule has 2 heterocycles. The zero-order valence-corrected chi connectivity index (χ0v) is 39.0. The van der Waals surface area contributed by atoms with Gasteiger partial charge in [-0.2, -0.15) is 0 Å². The predicted molar refractivity (Wildman–Crippen MR) is 261 cm³/mol. The van der Waals surface area contributed by atoms with Gasteiger partial charge in [-0.15, -0.1) is 0 Å². The summed E-state index contributed by atoms with van der Waals surface area (Å²) in [5, 5.41) is 7.32. The fourth-order valence-electron chi connectivity index (χ4n) is 9.71. The van der Waals surface area contributed by atoms with Crippen molar-refractivity contribution in [2.24, 2.45) is 0 Å². The number of carbonyl (C=O) groups excluding carboxylic acids is 1. The van der Waals surface area contributed by atoms with Gasteiger partial charge in [0.15, 0.2) is 5.60 Å². The van der Waals surface area contributed by atoms with Gasteiger partial charge in [0.1, 0.15) is 11.5 Å². The minimum absolute atomic E-state index is 0.286. The maximum absolute atomic E-state index is 13.4. The van der Waals surface area contributed by atoms with Gasteiger partial charge in [-0.1, -0.05) is 225 Å². The summed E-state index contributed by atoms with van der Waals surface area (Å²) in [6, 6.07) is 20.4. The van der Waals surface area contributed by atoms with Crippen LogP contribution in [0.25, 0.3) is 0 Å². The molecule has 5 nitrogen and oxygen atoms in total. The van der Waals surface area contributed by atoms with E-state index in [0.717, 1.165) is 65.5 Å². The lowest BCUT2D eigenvalue weighted by Crippen LogP contribution is -2.33. The van der Waals surface area contributed by atoms with Crippen molar-refractivity contribution >= 4 is 17.3 Å². The third kappa shape index (κ3) is 16.0. The molecule has 61 heavy (non-hydrogen) atoms. The normalized spacial score (nSPS) is 13.4. The van der Waals surface area contributed by atoms with Gasteiger partial charge in [0.2, 0.25) is 0 Å². The molecule has 0 aliphatic carbocycles. The van der Waals surface area contributed by atoms with Gasteiger partial charge in [0.25, 0.3) is 0 Å². The van der Waals surface area contributed by atoms with Crippen LogP contribution in [0.15, 0.2) is 60.7 Å². The number of rotatable bonds is 36. The van der Waals surface area contributed by atoms with E-state index >= 15 is 0 Å². The quantitative estimate of drug-likeness (QED) is 0.0451. The Morgan fingerprint density at radius 1 is 0.410 bits per heavy atom. The second kappa shape index (κ2) is 29.0. The van der Waals surface area contributed by atoms with Crippen LogP contribution >= 0.6 is 0 Å². The predicted octanol–water partition coefficient (Wildman–Crippen LogP) is 17.6. The summed E-state index contributed by atoms with van der Waals surface area (Å²) >= 11 is 0. The number of carbonyl (C=O) groups is 1. The number of nitrogens with one attached hydrogen (secondary N) is 2. The number of hydrogen-bond donors (Lipinski definition) is 2. The Kier molecular flexibility index (Phi) is 23.1. The van der Waals surface area contributed by atoms with Crippen molar-refractivity contribution in [1.29, 1.82) is 0 Å². The zero-order chi connectivity index (χ0) is 42.6. The van der Waals surface area contributed by atoms with E-state index < -0.39 is 5.60 Å². The Morgan fingerprint density at radius 2 is 0.754 bits per heavy atom. The molecule has 2 N–H and O–H groups in total. The largest absolute Gasteiger partial charge is 0.456 e. The van der Waals surface area contributed by atoms with Gasteiger partial charge >= 0.3 is 5.97 Å². The fourth-order valence-corrected chi connectivity index (χ4v) is 9.71. The van der Waals surface area contributed by atoms with Crippen molar-refractivity contribution < 1.29 is 14.3 Å². The highest BCUT2D eigenvalue weighted by Gasteiger charge is 2.53. The third-order valence-electron chi connectivity index (χ3n) is 13.4. The molecule has 0 radical (unpaired) electrons. The van der Waals surface area contributed by atoms with Crippen molar-refractivity contribution in [2.75, 3.05) is 23.7 Å². The zero-order valence-electron chi connectivity index (χ0n) is 39.0. The van der Waals surface area contributed by atoms with Gasteiger partial charge in [0, 0.05) is 53.3 Å². The summed E-state index contributed by atoms with van der Waals surface area (Å²) in [4.78, 5) is 13.4. The molecule has 3 aromatic carbocycles. The molecule has 3 aromatic rings. The summed E-state index contributed by atoms with van der Waals surface area (Å²) < 4.78 is 13.1. The smallest absolute Gasteiger partial charge is 0.340 e. The summed E-state index contributed by atoms with van der Waals surface area (Å²) in [6.07, 6.45) is 44.1. The summed E-state index contributed by atoms with van der Waals surface area (Å²) in [6.45, 7) is 6.46. The number of benzene rings is 3. The molecular weight excluding hydrogens is 749 g/mol. The van der Waals surface area contributed by atoms with Crippen molar-refractivity contribution in [3.63, 3.8) is 0 Å². The van der Waals surface area contributed by atoms with E-state index in [9.17, 15) is 4.79 Å². The first-order chi connectivity index (χ1) is 30.2. The topological polar surface area (TPSA) is 59.6 Å². The molecule has 0 aromatic heterocycles. The molecule has 0 bridgehead atoms. The van der Waals surface area contributed by atoms with Crippen LogP contribution in [0.4, 0.5) is 11.4 Å². The second-order valence-corrected chi connectivity index (χ2v) is 18.6. The molecule has 0 saturated heterocycles. The lowest BCUT2D eigenvalue weighted by atomic mass is 9.77. The van der Waals surface area contributed by atoms with Gasteiger partial charge in [-0.25, -0.2) is 4.79 Å². The number of unbranched alkanes of at least 4 members (excludes halogenated alkanes) is 30. The molecule has 0 unspecified atom stereocenters. The molecule has 0 amide bonds. The first-order valence-electron chi connectivity index (χ1n) is 25.9. The first-order valence-corrected chi connectivity index (χ1v) is 25.9. The van der Waals surface area contributed by atoms with Crippen LogP contribution in [0.1, 0.15) is 246 Å². The van der Waals surface area contributed by atoms with E-state index in [2.05, 4.69) is 60.9 Å². The Bertz CT molecular complexity index is 1560. The van der Waals surface area contributed by atoms with Crippen molar-refractivity contribution in [3.8, 4) is 11.5 Å². The summed E-state index contributed by atoms with van der Waals surface area (Å²) in [7, 11) is 0. The SMILES string of the molecule is CCCCCCCCCCCCCCCCCCNc1ccc2c(c1)Oc1cc(NCCCCCCCCCCCCCCCCCC)ccc1C21OC(=O)c2ccccc21. The number of ether oxygens (including phenoxy) is 2. The van der Waals surface area contributed by atoms with Crippen LogP contribution < -0.4 is 15.4 Å². The number of esters is 1. The van der Waals surface area contributed by atoms with Crippen LogP contribution in [-0.2, 0) is 10.3 Å². The average Bonchev–Trinajstić information content (AvgIpc) is 3.57. The molecule has 338 valence electrons. The van der Waals surface area contributed by atoms with E-state index in [0.29, 0.717) is 5.56 Å². The van der Waals surface area contributed by atoms with Gasteiger partial charge in [-0.05, 0) is 43.2 Å². The number of fused-ring (bicyclic) bond motifs is 6. The second-order valence-electron chi connectivity index (χ2n) is 18.6. The standard InChI is InChI=1S/C56H86N2O3/c1-3-5-7-9-11-13-15-17-19-21-23-25-27-29-31-35-43-57-47-39-41-51-53(45-47)60-54-46-48(40-42-52(54)56(51)50-38-34-33-37-49(50)55(59)61-56)58-44-36-32-30-28-26-24-22-20-18-16-14-12-10-8-6-4-2/h33-34,37-42,45-46,57-58H,3-32,35-36,43-44H2,1-2H3. The minimum atomic E-state index is -1.03. The first kappa shape index (κ1) is 48.6. The van der Waals surface area contributed by atoms with Crippen LogP contribution in [-0.4, -0.2) is 19.1 Å². The lowest BCUT2D eigenvalue weighted by Gasteiger charge is -2.37. The van der Waals surface area contributed by atoms with E-state index in [-0.39, 0.29) is 5.97 Å². The van der Waals surface area contributed by atoms with Crippen LogP contribution in [0.2, 0.25) is 0 Å². The Hall–Kier alpha value is -3.47. The van der Waals surface area contributed by atoms with Crippen molar-refractivity contribution in [2.45, 2.75) is 225 Å². The maximum Gasteiger partial charge on any atom is 0.340 e. The third-order valence-corrected chi connectivity index (χ3v) is 13.4. The highest BCUT2D eigenvalue weighted by Crippen LogP contribution is 2.56. The maximum atomic E-state index is 13.4. The molecule has 5 heteroatoms. The van der Waals surface area contributed by atoms with E-state index in [1.165, 1.54) is 193 Å². The van der Waals surface area contributed by atoms with E-state index in [4.69, 9.17) is 9.47 Å². The molecule has 0 atom stereocenters. The minimum Gasteiger partial charge on any atom is -0.456 e. The van der Waals surface area contributed by atoms with Crippen LogP contribution in [0.5, 0.6) is 11.5 Å². The fraction of sp³-hybridized carbons (Fsp3) is 0.661. The monoisotopic (exact) mass is 835 g/mol. The van der Waals surface area contributed by atoms with Crippen LogP contribution in [0.3, 0.4) is 0 Å². The lowest BCUT2D eigenvalue weighted by molar-refractivity contribution is 0.0224. The Balaban J connectivity index is 1.01. The van der Waals surface area contributed by atoms with Crippen molar-refractivity contribution in [1.82, 2.24) is 0 Å². The molecule has 2 aliphatic heterocycles. The molecule has 0 fully saturated rings. The summed E-state index contributed by atoms with van der Waals surface area (Å²) in [5.74, 6) is 1.19.